The number of nitrogens with one attached hydrogen (secondary N) is 4. The molecular formula is C18H22N6O2S. The van der Waals surface area contributed by atoms with Crippen molar-refractivity contribution in [2.75, 3.05) is 30.8 Å². The smallest absolute Gasteiger partial charge is 0.210 e. The van der Waals surface area contributed by atoms with Gasteiger partial charge in [-0.15, -0.1) is 0 Å². The van der Waals surface area contributed by atoms with E-state index in [4.69, 9.17) is 0 Å². The van der Waals surface area contributed by atoms with Crippen molar-refractivity contribution in [1.29, 1.82) is 0 Å². The minimum Gasteiger partial charge on any atom is -0.368 e. The highest BCUT2D eigenvalue weighted by Crippen LogP contribution is 2.28. The number of likely N-dealkylation sites (N-methyl/N-ethyl adjacent to an activating group) is 1. The van der Waals surface area contributed by atoms with Gasteiger partial charge in [-0.3, -0.25) is 5.10 Å². The van der Waals surface area contributed by atoms with Gasteiger partial charge in [-0.05, 0) is 38.2 Å². The van der Waals surface area contributed by atoms with Crippen molar-refractivity contribution in [3.63, 3.8) is 0 Å². The van der Waals surface area contributed by atoms with Gasteiger partial charge in [0.05, 0.1) is 4.90 Å². The third-order valence-electron chi connectivity index (χ3n) is 3.83. The summed E-state index contributed by atoms with van der Waals surface area (Å²) in [7, 11) is -1.86. The summed E-state index contributed by atoms with van der Waals surface area (Å²) in [5.41, 5.74) is 0.910. The molecule has 0 fully saturated rings. The van der Waals surface area contributed by atoms with Crippen molar-refractivity contribution in [2.24, 2.45) is 0 Å². The molecule has 0 atom stereocenters. The Bertz CT molecular complexity index is 1000. The van der Waals surface area contributed by atoms with Crippen LogP contribution in [-0.2, 0) is 9.84 Å². The van der Waals surface area contributed by atoms with E-state index in [1.165, 1.54) is 0 Å². The van der Waals surface area contributed by atoms with Crippen molar-refractivity contribution in [3.05, 3.63) is 54.2 Å². The van der Waals surface area contributed by atoms with E-state index in [1.807, 2.05) is 20.0 Å². The molecule has 0 bridgehead atoms. The molecule has 0 radical (unpaired) electrons. The number of aryl methyl sites for hydroxylation is 1. The van der Waals surface area contributed by atoms with Crippen LogP contribution < -0.4 is 16.0 Å². The van der Waals surface area contributed by atoms with E-state index in [-0.39, 0.29) is 9.79 Å². The van der Waals surface area contributed by atoms with E-state index < -0.39 is 9.84 Å². The number of hydrogen-bond acceptors (Lipinski definition) is 7. The Morgan fingerprint density at radius 3 is 2.48 bits per heavy atom. The van der Waals surface area contributed by atoms with Crippen molar-refractivity contribution >= 4 is 27.3 Å². The van der Waals surface area contributed by atoms with E-state index >= 15 is 0 Å². The molecule has 0 saturated heterocycles. The monoisotopic (exact) mass is 386 g/mol. The summed E-state index contributed by atoms with van der Waals surface area (Å²) in [4.78, 5) is 4.82. The Kier molecular flexibility index (Phi) is 5.72. The molecule has 0 aliphatic heterocycles. The van der Waals surface area contributed by atoms with Crippen LogP contribution in [0.3, 0.4) is 0 Å². The standard InChI is InChI=1S/C18H22N6O2S/c1-13-12-17(24-23-13)21-16-9-8-15(18(22-16)20-11-10-19-2)27(25,26)14-6-4-3-5-7-14/h3-9,12,19H,10-11H2,1-2H3,(H3,20,21,22,23,24). The van der Waals surface area contributed by atoms with Crippen LogP contribution in [-0.4, -0.2) is 43.7 Å². The van der Waals surface area contributed by atoms with Crippen LogP contribution in [0.5, 0.6) is 0 Å². The second-order valence-corrected chi connectivity index (χ2v) is 7.87. The summed E-state index contributed by atoms with van der Waals surface area (Å²) in [6.45, 7) is 3.10. The molecule has 0 aliphatic rings. The largest absolute Gasteiger partial charge is 0.368 e. The number of benzene rings is 1. The maximum Gasteiger partial charge on any atom is 0.210 e. The molecule has 142 valence electrons. The Morgan fingerprint density at radius 2 is 1.81 bits per heavy atom. The molecular weight excluding hydrogens is 364 g/mol. The number of pyridine rings is 1. The molecule has 0 amide bonds. The third-order valence-corrected chi connectivity index (χ3v) is 5.63. The number of aromatic amines is 1. The fourth-order valence-corrected chi connectivity index (χ4v) is 3.89. The average molecular weight is 386 g/mol. The summed E-state index contributed by atoms with van der Waals surface area (Å²) in [5, 5.41) is 16.1. The Hall–Kier alpha value is -2.91. The van der Waals surface area contributed by atoms with Crippen molar-refractivity contribution < 1.29 is 8.42 Å². The Labute approximate surface area is 158 Å². The third kappa shape index (κ3) is 4.44. The van der Waals surface area contributed by atoms with Crippen LogP contribution >= 0.6 is 0 Å². The SMILES string of the molecule is CNCCNc1nc(Nc2cc(C)[nH]n2)ccc1S(=O)(=O)c1ccccc1. The molecule has 4 N–H and O–H groups in total. The number of H-pyrrole nitrogens is 1. The van der Waals surface area contributed by atoms with Gasteiger partial charge < -0.3 is 16.0 Å². The van der Waals surface area contributed by atoms with Gasteiger partial charge in [0.1, 0.15) is 16.5 Å². The van der Waals surface area contributed by atoms with E-state index in [0.29, 0.717) is 30.5 Å². The predicted octanol–water partition coefficient (Wildman–Crippen LogP) is 2.32. The zero-order valence-corrected chi connectivity index (χ0v) is 16.0. The Balaban J connectivity index is 1.97. The van der Waals surface area contributed by atoms with Gasteiger partial charge in [0.25, 0.3) is 0 Å². The van der Waals surface area contributed by atoms with Crippen molar-refractivity contribution in [2.45, 2.75) is 16.7 Å². The van der Waals surface area contributed by atoms with E-state index in [0.717, 1.165) is 5.69 Å². The normalized spacial score (nSPS) is 11.3. The highest BCUT2D eigenvalue weighted by Gasteiger charge is 2.22. The number of rotatable bonds is 8. The van der Waals surface area contributed by atoms with Crippen molar-refractivity contribution in [3.8, 4) is 0 Å². The first-order chi connectivity index (χ1) is 13.0. The van der Waals surface area contributed by atoms with Gasteiger partial charge in [-0.1, -0.05) is 18.2 Å². The molecule has 2 heterocycles. The van der Waals surface area contributed by atoms with Gasteiger partial charge in [0.2, 0.25) is 9.84 Å². The fourth-order valence-electron chi connectivity index (χ4n) is 2.51. The molecule has 0 spiro atoms. The minimum absolute atomic E-state index is 0.133. The second-order valence-electron chi connectivity index (χ2n) is 5.95. The number of hydrogen-bond donors (Lipinski definition) is 4. The molecule has 8 nitrogen and oxygen atoms in total. The highest BCUT2D eigenvalue weighted by atomic mass is 32.2. The van der Waals surface area contributed by atoms with Gasteiger partial charge in [0.15, 0.2) is 5.82 Å². The van der Waals surface area contributed by atoms with Crippen LogP contribution in [0.25, 0.3) is 0 Å². The van der Waals surface area contributed by atoms with Gasteiger partial charge in [-0.2, -0.15) is 5.10 Å². The first kappa shape index (κ1) is 18.9. The van der Waals surface area contributed by atoms with Gasteiger partial charge >= 0.3 is 0 Å². The lowest BCUT2D eigenvalue weighted by Gasteiger charge is -2.13. The zero-order valence-electron chi connectivity index (χ0n) is 15.2. The van der Waals surface area contributed by atoms with Crippen LogP contribution in [0.1, 0.15) is 5.69 Å². The molecule has 0 saturated carbocycles. The summed E-state index contributed by atoms with van der Waals surface area (Å²) in [6.07, 6.45) is 0. The molecule has 0 aliphatic carbocycles. The van der Waals surface area contributed by atoms with E-state index in [2.05, 4.69) is 31.1 Å². The van der Waals surface area contributed by atoms with Crippen LogP contribution in [0, 0.1) is 6.92 Å². The van der Waals surface area contributed by atoms with Crippen molar-refractivity contribution in [1.82, 2.24) is 20.5 Å². The minimum atomic E-state index is -3.69. The lowest BCUT2D eigenvalue weighted by Crippen LogP contribution is -2.20. The summed E-state index contributed by atoms with van der Waals surface area (Å²) in [6, 6.07) is 13.3. The number of nitrogens with zero attached hydrogens (tertiary/aromatic N) is 2. The first-order valence-electron chi connectivity index (χ1n) is 8.49. The first-order valence-corrected chi connectivity index (χ1v) is 9.97. The summed E-state index contributed by atoms with van der Waals surface area (Å²) in [5.74, 6) is 1.41. The summed E-state index contributed by atoms with van der Waals surface area (Å²) < 4.78 is 26.1. The molecule has 0 unspecified atom stereocenters. The van der Waals surface area contributed by atoms with Crippen LogP contribution in [0.4, 0.5) is 17.5 Å². The zero-order chi connectivity index (χ0) is 19.3. The topological polar surface area (TPSA) is 112 Å². The number of sulfone groups is 1. The van der Waals surface area contributed by atoms with Crippen LogP contribution in [0.2, 0.25) is 0 Å². The molecule has 1 aromatic carbocycles. The lowest BCUT2D eigenvalue weighted by molar-refractivity contribution is 0.596. The fraction of sp³-hybridized carbons (Fsp3) is 0.222. The Morgan fingerprint density at radius 1 is 1.04 bits per heavy atom. The van der Waals surface area contributed by atoms with E-state index in [1.54, 1.807) is 42.5 Å². The van der Waals surface area contributed by atoms with Crippen LogP contribution in [0.15, 0.2) is 58.3 Å². The average Bonchev–Trinajstić information content (AvgIpc) is 3.07. The number of aromatic nitrogens is 3. The maximum atomic E-state index is 13.0. The molecule has 3 aromatic rings. The second kappa shape index (κ2) is 8.19. The molecule has 2 aromatic heterocycles. The molecule has 3 rings (SSSR count). The maximum absolute atomic E-state index is 13.0. The highest BCUT2D eigenvalue weighted by molar-refractivity contribution is 7.91. The quantitative estimate of drug-likeness (QED) is 0.440. The molecule has 27 heavy (non-hydrogen) atoms. The predicted molar refractivity (Wildman–Crippen MR) is 105 cm³/mol. The van der Waals surface area contributed by atoms with E-state index in [9.17, 15) is 8.42 Å². The number of anilines is 3. The molecule has 9 heteroatoms. The van der Waals surface area contributed by atoms with Gasteiger partial charge in [-0.25, -0.2) is 13.4 Å². The lowest BCUT2D eigenvalue weighted by atomic mass is 10.4. The summed E-state index contributed by atoms with van der Waals surface area (Å²) >= 11 is 0. The van der Waals surface area contributed by atoms with Gasteiger partial charge in [0, 0.05) is 24.8 Å².